The van der Waals surface area contributed by atoms with Gasteiger partial charge in [0.15, 0.2) is 11.5 Å². The van der Waals surface area contributed by atoms with Crippen molar-refractivity contribution in [3.8, 4) is 17.2 Å². The number of aryl methyl sites for hydroxylation is 1. The van der Waals surface area contributed by atoms with Crippen LogP contribution in [0.15, 0.2) is 36.4 Å². The Morgan fingerprint density at radius 3 is 2.43 bits per heavy atom. The van der Waals surface area contributed by atoms with Gasteiger partial charge in [0.2, 0.25) is 0 Å². The molecule has 0 spiro atoms. The molecule has 2 N–H and O–H groups in total. The fraction of sp³-hybridized carbons (Fsp3) is 0.188. The molecular weight excluding hydrogens is 306 g/mol. The number of nitrogens with two attached hydrogens (primary N) is 1. The van der Waals surface area contributed by atoms with Crippen molar-refractivity contribution in [2.45, 2.75) is 13.3 Å². The van der Waals surface area contributed by atoms with Crippen molar-refractivity contribution in [1.82, 2.24) is 0 Å². The van der Waals surface area contributed by atoms with Gasteiger partial charge in [0, 0.05) is 5.56 Å². The zero-order valence-corrected chi connectivity index (χ0v) is 13.4. The maximum Gasteiger partial charge on any atom is 0.169 e. The van der Waals surface area contributed by atoms with Gasteiger partial charge in [0.05, 0.1) is 12.1 Å². The van der Waals surface area contributed by atoms with Crippen molar-refractivity contribution in [3.63, 3.8) is 0 Å². The second-order valence-electron chi connectivity index (χ2n) is 4.45. The number of benzene rings is 2. The Hall–Kier alpha value is -1.78. The van der Waals surface area contributed by atoms with E-state index >= 15 is 0 Å². The average molecular weight is 322 g/mol. The number of hydrogen-bond donors (Lipinski definition) is 1. The van der Waals surface area contributed by atoms with E-state index in [1.807, 2.05) is 18.2 Å². The van der Waals surface area contributed by atoms with Gasteiger partial charge >= 0.3 is 0 Å². The molecule has 0 amide bonds. The zero-order chi connectivity index (χ0) is 15.4. The van der Waals surface area contributed by atoms with E-state index in [0.29, 0.717) is 32.8 Å². The van der Waals surface area contributed by atoms with Gasteiger partial charge < -0.3 is 15.2 Å². The van der Waals surface area contributed by atoms with Crippen LogP contribution in [0.25, 0.3) is 0 Å². The SMILES string of the molecule is CCc1ccc(Oc2ccc(C(N)=S)cc2Cl)c(OC)c1. The minimum Gasteiger partial charge on any atom is -0.493 e. The topological polar surface area (TPSA) is 44.5 Å². The molecule has 0 saturated carbocycles. The molecule has 2 aromatic rings. The quantitative estimate of drug-likeness (QED) is 0.832. The van der Waals surface area contributed by atoms with Gasteiger partial charge in [-0.15, -0.1) is 0 Å². The van der Waals surface area contributed by atoms with Crippen LogP contribution in [0, 0.1) is 0 Å². The Bertz CT molecular complexity index is 673. The number of hydrogen-bond acceptors (Lipinski definition) is 3. The molecule has 0 aliphatic rings. The predicted octanol–water partition coefficient (Wildman–Crippen LogP) is 4.34. The van der Waals surface area contributed by atoms with Crippen LogP contribution < -0.4 is 15.2 Å². The van der Waals surface area contributed by atoms with Crippen molar-refractivity contribution >= 4 is 28.8 Å². The van der Waals surface area contributed by atoms with E-state index in [2.05, 4.69) is 6.92 Å². The lowest BCUT2D eigenvalue weighted by Crippen LogP contribution is -2.08. The normalized spacial score (nSPS) is 10.2. The van der Waals surface area contributed by atoms with Gasteiger partial charge in [0.25, 0.3) is 0 Å². The van der Waals surface area contributed by atoms with Crippen LogP contribution in [0.5, 0.6) is 17.2 Å². The Balaban J connectivity index is 2.32. The lowest BCUT2D eigenvalue weighted by atomic mass is 10.1. The van der Waals surface area contributed by atoms with Crippen LogP contribution in [-0.2, 0) is 6.42 Å². The number of ether oxygens (including phenoxy) is 2. The Kier molecular flexibility index (Phi) is 5.04. The van der Waals surface area contributed by atoms with Crippen LogP contribution in [-0.4, -0.2) is 12.1 Å². The molecule has 2 rings (SSSR count). The van der Waals surface area contributed by atoms with Crippen molar-refractivity contribution in [2.24, 2.45) is 5.73 Å². The van der Waals surface area contributed by atoms with Crippen LogP contribution in [0.4, 0.5) is 0 Å². The van der Waals surface area contributed by atoms with Crippen LogP contribution >= 0.6 is 23.8 Å². The highest BCUT2D eigenvalue weighted by Gasteiger charge is 2.10. The highest BCUT2D eigenvalue weighted by Crippen LogP contribution is 2.36. The van der Waals surface area contributed by atoms with E-state index in [1.54, 1.807) is 25.3 Å². The lowest BCUT2D eigenvalue weighted by Gasteiger charge is -2.13. The third-order valence-corrected chi connectivity index (χ3v) is 3.60. The Morgan fingerprint density at radius 2 is 1.86 bits per heavy atom. The molecule has 110 valence electrons. The summed E-state index contributed by atoms with van der Waals surface area (Å²) >= 11 is 11.1. The summed E-state index contributed by atoms with van der Waals surface area (Å²) in [6.07, 6.45) is 0.931. The van der Waals surface area contributed by atoms with E-state index in [0.717, 1.165) is 6.42 Å². The van der Waals surface area contributed by atoms with Crippen LogP contribution in [0.1, 0.15) is 18.1 Å². The van der Waals surface area contributed by atoms with E-state index in [4.69, 9.17) is 39.0 Å². The van der Waals surface area contributed by atoms with Gasteiger partial charge in [-0.05, 0) is 42.3 Å². The maximum absolute atomic E-state index is 6.20. The fourth-order valence-corrected chi connectivity index (χ4v) is 2.22. The van der Waals surface area contributed by atoms with Gasteiger partial charge in [-0.1, -0.05) is 36.8 Å². The van der Waals surface area contributed by atoms with E-state index in [9.17, 15) is 0 Å². The summed E-state index contributed by atoms with van der Waals surface area (Å²) in [7, 11) is 1.61. The molecule has 3 nitrogen and oxygen atoms in total. The molecule has 21 heavy (non-hydrogen) atoms. The average Bonchev–Trinajstić information content (AvgIpc) is 2.49. The van der Waals surface area contributed by atoms with Crippen LogP contribution in [0.2, 0.25) is 5.02 Å². The molecule has 0 aromatic heterocycles. The number of methoxy groups -OCH3 is 1. The second-order valence-corrected chi connectivity index (χ2v) is 5.30. The molecule has 0 atom stereocenters. The lowest BCUT2D eigenvalue weighted by molar-refractivity contribution is 0.378. The largest absolute Gasteiger partial charge is 0.493 e. The molecule has 0 heterocycles. The van der Waals surface area contributed by atoms with Crippen molar-refractivity contribution < 1.29 is 9.47 Å². The highest BCUT2D eigenvalue weighted by atomic mass is 35.5. The first-order valence-corrected chi connectivity index (χ1v) is 7.28. The molecule has 0 aliphatic heterocycles. The number of rotatable bonds is 5. The van der Waals surface area contributed by atoms with Crippen molar-refractivity contribution in [3.05, 3.63) is 52.5 Å². The minimum atomic E-state index is 0.299. The summed E-state index contributed by atoms with van der Waals surface area (Å²) in [6.45, 7) is 2.08. The van der Waals surface area contributed by atoms with Crippen molar-refractivity contribution in [2.75, 3.05) is 7.11 Å². The smallest absolute Gasteiger partial charge is 0.169 e. The van der Waals surface area contributed by atoms with Gasteiger partial charge in [0.1, 0.15) is 10.7 Å². The summed E-state index contributed by atoms with van der Waals surface area (Å²) < 4.78 is 11.2. The summed E-state index contributed by atoms with van der Waals surface area (Å²) in [5.74, 6) is 1.81. The monoisotopic (exact) mass is 321 g/mol. The Morgan fingerprint density at radius 1 is 1.14 bits per heavy atom. The summed E-state index contributed by atoms with van der Waals surface area (Å²) in [4.78, 5) is 0.299. The van der Waals surface area contributed by atoms with Gasteiger partial charge in [-0.25, -0.2) is 0 Å². The van der Waals surface area contributed by atoms with Crippen LogP contribution in [0.3, 0.4) is 0 Å². The molecule has 0 radical (unpaired) electrons. The predicted molar refractivity (Wildman–Crippen MR) is 89.8 cm³/mol. The number of thiocarbonyl (C=S) groups is 1. The minimum absolute atomic E-state index is 0.299. The Labute approximate surface area is 134 Å². The fourth-order valence-electron chi connectivity index (χ4n) is 1.87. The molecule has 0 unspecified atom stereocenters. The molecule has 2 aromatic carbocycles. The summed E-state index contributed by atoms with van der Waals surface area (Å²) in [5, 5.41) is 0.446. The molecule has 0 bridgehead atoms. The standard InChI is InChI=1S/C16H16ClNO2S/c1-3-10-4-6-14(15(8-10)19-2)20-13-7-5-11(16(18)21)9-12(13)17/h4-9H,3H2,1-2H3,(H2,18,21). The summed E-state index contributed by atoms with van der Waals surface area (Å²) in [6, 6.07) is 11.0. The molecule has 5 heteroatoms. The molecule has 0 aliphatic carbocycles. The van der Waals surface area contributed by atoms with Gasteiger partial charge in [-0.3, -0.25) is 0 Å². The van der Waals surface area contributed by atoms with Gasteiger partial charge in [-0.2, -0.15) is 0 Å². The first-order chi connectivity index (χ1) is 10.0. The zero-order valence-electron chi connectivity index (χ0n) is 11.9. The third kappa shape index (κ3) is 3.65. The number of halogens is 1. The first kappa shape index (κ1) is 15.6. The maximum atomic E-state index is 6.20. The second kappa shape index (κ2) is 6.78. The van der Waals surface area contributed by atoms with Crippen molar-refractivity contribution in [1.29, 1.82) is 0 Å². The molecule has 0 saturated heterocycles. The third-order valence-electron chi connectivity index (χ3n) is 3.07. The van der Waals surface area contributed by atoms with E-state index in [1.165, 1.54) is 5.56 Å². The summed E-state index contributed by atoms with van der Waals surface area (Å²) in [5.41, 5.74) is 7.45. The first-order valence-electron chi connectivity index (χ1n) is 6.49. The highest BCUT2D eigenvalue weighted by molar-refractivity contribution is 7.80. The molecular formula is C16H16ClNO2S. The van der Waals surface area contributed by atoms with E-state index < -0.39 is 0 Å². The molecule has 0 fully saturated rings. The van der Waals surface area contributed by atoms with E-state index in [-0.39, 0.29) is 0 Å².